The first-order valence-electron chi connectivity index (χ1n) is 10.1. The molecule has 0 bridgehead atoms. The van der Waals surface area contributed by atoms with Crippen LogP contribution in [0, 0.1) is 20.8 Å². The molecule has 0 aliphatic heterocycles. The molecular formula is C24H22ClF3N2O3S. The van der Waals surface area contributed by atoms with Gasteiger partial charge in [0, 0.05) is 5.69 Å². The number of benzene rings is 3. The van der Waals surface area contributed by atoms with E-state index in [1.54, 1.807) is 30.3 Å². The molecule has 0 atom stereocenters. The average Bonchev–Trinajstić information content (AvgIpc) is 2.75. The van der Waals surface area contributed by atoms with Gasteiger partial charge in [-0.05, 0) is 74.4 Å². The Hall–Kier alpha value is -3.04. The van der Waals surface area contributed by atoms with Crippen molar-refractivity contribution in [3.63, 3.8) is 0 Å². The Bertz CT molecular complexity index is 1320. The average molecular weight is 511 g/mol. The van der Waals surface area contributed by atoms with E-state index < -0.39 is 39.2 Å². The molecule has 3 aromatic carbocycles. The van der Waals surface area contributed by atoms with Gasteiger partial charge in [-0.25, -0.2) is 8.42 Å². The van der Waals surface area contributed by atoms with Crippen molar-refractivity contribution in [3.8, 4) is 0 Å². The van der Waals surface area contributed by atoms with Crippen molar-refractivity contribution in [3.05, 3.63) is 87.9 Å². The number of amides is 1. The Morgan fingerprint density at radius 3 is 2.18 bits per heavy atom. The summed E-state index contributed by atoms with van der Waals surface area (Å²) < 4.78 is 67.3. The summed E-state index contributed by atoms with van der Waals surface area (Å²) in [5.41, 5.74) is 1.60. The zero-order valence-electron chi connectivity index (χ0n) is 18.6. The Labute approximate surface area is 201 Å². The number of nitrogens with one attached hydrogen (secondary N) is 1. The topological polar surface area (TPSA) is 66.5 Å². The van der Waals surface area contributed by atoms with E-state index in [9.17, 15) is 26.4 Å². The Morgan fingerprint density at radius 2 is 1.59 bits per heavy atom. The third-order valence-corrected chi connectivity index (χ3v) is 7.35. The first-order valence-corrected chi connectivity index (χ1v) is 11.9. The van der Waals surface area contributed by atoms with E-state index >= 15 is 0 Å². The van der Waals surface area contributed by atoms with Crippen LogP contribution in [0.2, 0.25) is 5.02 Å². The molecule has 0 saturated heterocycles. The molecule has 0 aromatic heterocycles. The highest BCUT2D eigenvalue weighted by molar-refractivity contribution is 7.92. The van der Waals surface area contributed by atoms with Crippen LogP contribution in [0.5, 0.6) is 0 Å². The number of hydrogen-bond donors (Lipinski definition) is 1. The van der Waals surface area contributed by atoms with E-state index in [4.69, 9.17) is 11.6 Å². The third-order valence-electron chi connectivity index (χ3n) is 5.23. The van der Waals surface area contributed by atoms with E-state index in [-0.39, 0.29) is 16.3 Å². The molecule has 0 fully saturated rings. The van der Waals surface area contributed by atoms with Crippen molar-refractivity contribution in [1.82, 2.24) is 0 Å². The fourth-order valence-corrected chi connectivity index (χ4v) is 4.82. The van der Waals surface area contributed by atoms with Crippen LogP contribution in [0.4, 0.5) is 24.5 Å². The van der Waals surface area contributed by atoms with E-state index in [0.717, 1.165) is 27.1 Å². The van der Waals surface area contributed by atoms with Crippen LogP contribution in [0.25, 0.3) is 0 Å². The molecule has 1 amide bonds. The first kappa shape index (κ1) is 25.6. The SMILES string of the molecule is Cc1ccc(S(=O)(=O)N(CC(=O)Nc2ccc(Cl)c(C(F)(F)F)c2)c2ccc(C)c(C)c2)cc1. The number of aryl methyl sites for hydroxylation is 3. The van der Waals surface area contributed by atoms with Crippen LogP contribution >= 0.6 is 11.6 Å². The van der Waals surface area contributed by atoms with Gasteiger partial charge in [0.1, 0.15) is 6.54 Å². The quantitative estimate of drug-likeness (QED) is 0.434. The minimum absolute atomic E-state index is 0.0185. The summed E-state index contributed by atoms with van der Waals surface area (Å²) in [4.78, 5) is 12.8. The molecule has 5 nitrogen and oxygen atoms in total. The summed E-state index contributed by atoms with van der Waals surface area (Å²) in [7, 11) is -4.15. The number of carbonyl (C=O) groups excluding carboxylic acids is 1. The highest BCUT2D eigenvalue weighted by Gasteiger charge is 2.34. The predicted molar refractivity (Wildman–Crippen MR) is 127 cm³/mol. The smallest absolute Gasteiger partial charge is 0.324 e. The van der Waals surface area contributed by atoms with Crippen molar-refractivity contribution in [2.24, 2.45) is 0 Å². The number of alkyl halides is 3. The highest BCUT2D eigenvalue weighted by Crippen LogP contribution is 2.36. The number of anilines is 2. The molecule has 1 N–H and O–H groups in total. The van der Waals surface area contributed by atoms with Crippen LogP contribution in [0.1, 0.15) is 22.3 Å². The number of hydrogen-bond acceptors (Lipinski definition) is 3. The van der Waals surface area contributed by atoms with Crippen LogP contribution < -0.4 is 9.62 Å². The lowest BCUT2D eigenvalue weighted by atomic mass is 10.1. The molecule has 0 aliphatic carbocycles. The van der Waals surface area contributed by atoms with E-state index in [0.29, 0.717) is 6.07 Å². The minimum Gasteiger partial charge on any atom is -0.324 e. The number of sulfonamides is 1. The fourth-order valence-electron chi connectivity index (χ4n) is 3.18. The molecule has 0 heterocycles. The number of carbonyl (C=O) groups is 1. The van der Waals surface area contributed by atoms with Gasteiger partial charge in [-0.3, -0.25) is 9.10 Å². The van der Waals surface area contributed by atoms with Crippen LogP contribution in [-0.2, 0) is 21.0 Å². The van der Waals surface area contributed by atoms with E-state index in [2.05, 4.69) is 5.32 Å². The Morgan fingerprint density at radius 1 is 0.941 bits per heavy atom. The standard InChI is InChI=1S/C24H22ClF3N2O3S/c1-15-4-9-20(10-5-15)34(32,33)30(19-8-6-16(2)17(3)12-19)14-23(31)29-18-7-11-22(25)21(13-18)24(26,27)28/h4-13H,14H2,1-3H3,(H,29,31). The zero-order valence-corrected chi connectivity index (χ0v) is 20.1. The monoisotopic (exact) mass is 510 g/mol. The second-order valence-corrected chi connectivity index (χ2v) is 10.1. The number of halogens is 4. The lowest BCUT2D eigenvalue weighted by molar-refractivity contribution is -0.137. The van der Waals surface area contributed by atoms with Crippen molar-refractivity contribution in [2.45, 2.75) is 31.8 Å². The van der Waals surface area contributed by atoms with Gasteiger partial charge < -0.3 is 5.32 Å². The molecule has 34 heavy (non-hydrogen) atoms. The molecule has 0 radical (unpaired) electrons. The minimum atomic E-state index is -4.71. The second kappa shape index (κ2) is 9.68. The first-order chi connectivity index (χ1) is 15.8. The van der Waals surface area contributed by atoms with Crippen molar-refractivity contribution < 1.29 is 26.4 Å². The fraction of sp³-hybridized carbons (Fsp3) is 0.208. The van der Waals surface area contributed by atoms with Gasteiger partial charge in [0.05, 0.1) is 21.2 Å². The maximum absolute atomic E-state index is 13.4. The van der Waals surface area contributed by atoms with Gasteiger partial charge in [0.15, 0.2) is 0 Å². The zero-order chi connectivity index (χ0) is 25.3. The maximum Gasteiger partial charge on any atom is 0.417 e. The molecule has 0 saturated carbocycles. The number of nitrogens with zero attached hydrogens (tertiary/aromatic N) is 1. The number of rotatable bonds is 6. The van der Waals surface area contributed by atoms with Crippen LogP contribution in [-0.4, -0.2) is 20.9 Å². The van der Waals surface area contributed by atoms with Gasteiger partial charge in [0.2, 0.25) is 5.91 Å². The van der Waals surface area contributed by atoms with E-state index in [1.165, 1.54) is 18.2 Å². The Kier molecular flexibility index (Phi) is 7.28. The highest BCUT2D eigenvalue weighted by atomic mass is 35.5. The summed E-state index contributed by atoms with van der Waals surface area (Å²) in [6, 6.07) is 14.0. The molecule has 0 aliphatic rings. The van der Waals surface area contributed by atoms with Gasteiger partial charge >= 0.3 is 6.18 Å². The third kappa shape index (κ3) is 5.71. The molecule has 10 heteroatoms. The lowest BCUT2D eigenvalue weighted by Gasteiger charge is -2.25. The summed E-state index contributed by atoms with van der Waals surface area (Å²) in [6.45, 7) is 4.83. The molecule has 0 spiro atoms. The maximum atomic E-state index is 13.4. The molecular weight excluding hydrogens is 489 g/mol. The molecule has 3 rings (SSSR count). The molecule has 0 unspecified atom stereocenters. The van der Waals surface area contributed by atoms with Crippen molar-refractivity contribution >= 4 is 38.9 Å². The molecule has 3 aromatic rings. The van der Waals surface area contributed by atoms with Crippen molar-refractivity contribution in [2.75, 3.05) is 16.2 Å². The van der Waals surface area contributed by atoms with Crippen LogP contribution in [0.3, 0.4) is 0 Å². The lowest BCUT2D eigenvalue weighted by Crippen LogP contribution is -2.38. The van der Waals surface area contributed by atoms with Gasteiger partial charge in [-0.15, -0.1) is 0 Å². The summed E-state index contributed by atoms with van der Waals surface area (Å²) in [6.07, 6.45) is -4.71. The molecule has 180 valence electrons. The van der Waals surface area contributed by atoms with Crippen molar-refractivity contribution in [1.29, 1.82) is 0 Å². The van der Waals surface area contributed by atoms with Crippen LogP contribution in [0.15, 0.2) is 65.6 Å². The largest absolute Gasteiger partial charge is 0.417 e. The second-order valence-electron chi connectivity index (χ2n) is 7.83. The van der Waals surface area contributed by atoms with Gasteiger partial charge in [-0.2, -0.15) is 13.2 Å². The van der Waals surface area contributed by atoms with Gasteiger partial charge in [-0.1, -0.05) is 35.4 Å². The normalized spacial score (nSPS) is 11.9. The summed E-state index contributed by atoms with van der Waals surface area (Å²) >= 11 is 5.63. The summed E-state index contributed by atoms with van der Waals surface area (Å²) in [5, 5.41) is 1.83. The van der Waals surface area contributed by atoms with E-state index in [1.807, 2.05) is 20.8 Å². The Balaban J connectivity index is 1.97. The summed E-state index contributed by atoms with van der Waals surface area (Å²) in [5.74, 6) is -0.815. The van der Waals surface area contributed by atoms with Gasteiger partial charge in [0.25, 0.3) is 10.0 Å². The predicted octanol–water partition coefficient (Wildman–Crippen LogP) is 6.12.